The quantitative estimate of drug-likeness (QED) is 0.462. The maximum Gasteiger partial charge on any atom is 0.427 e. The third kappa shape index (κ3) is 6.80. The van der Waals surface area contributed by atoms with Crippen molar-refractivity contribution in [1.82, 2.24) is 15.1 Å². The van der Waals surface area contributed by atoms with Gasteiger partial charge in [0.05, 0.1) is 25.0 Å². The minimum Gasteiger partial charge on any atom is -0.486 e. The van der Waals surface area contributed by atoms with Gasteiger partial charge in [0.15, 0.2) is 4.90 Å². The molecule has 3 rings (SSSR count). The van der Waals surface area contributed by atoms with Crippen molar-refractivity contribution in [3.8, 4) is 11.6 Å². The lowest BCUT2D eigenvalue weighted by Crippen LogP contribution is -2.50. The highest BCUT2D eigenvalue weighted by atomic mass is 32.2. The van der Waals surface area contributed by atoms with Crippen LogP contribution in [-0.4, -0.2) is 67.3 Å². The van der Waals surface area contributed by atoms with Crippen molar-refractivity contribution in [1.29, 1.82) is 0 Å². The number of carbonyl (C=O) groups excluding carboxylic acids is 2. The lowest BCUT2D eigenvalue weighted by molar-refractivity contribution is -0.242. The number of sulfonamides is 1. The van der Waals surface area contributed by atoms with Gasteiger partial charge < -0.3 is 19.5 Å². The van der Waals surface area contributed by atoms with Gasteiger partial charge in [-0.3, -0.25) is 19.1 Å². The van der Waals surface area contributed by atoms with E-state index in [9.17, 15) is 31.2 Å². The minimum absolute atomic E-state index is 0.0109. The second-order valence-corrected chi connectivity index (χ2v) is 12.6. The maximum atomic E-state index is 14.1. The van der Waals surface area contributed by atoms with E-state index >= 15 is 0 Å². The van der Waals surface area contributed by atoms with Crippen molar-refractivity contribution < 1.29 is 45.4 Å². The van der Waals surface area contributed by atoms with Crippen LogP contribution >= 0.6 is 0 Å². The first-order chi connectivity index (χ1) is 18.7. The summed E-state index contributed by atoms with van der Waals surface area (Å²) in [5.74, 6) is -0.290. The monoisotopic (exact) mass is 605 g/mol. The predicted octanol–water partition coefficient (Wildman–Crippen LogP) is 3.89. The second kappa shape index (κ2) is 10.9. The molecule has 16 heteroatoms. The molecule has 41 heavy (non-hydrogen) atoms. The van der Waals surface area contributed by atoms with Crippen molar-refractivity contribution in [2.24, 2.45) is 7.05 Å². The van der Waals surface area contributed by atoms with Gasteiger partial charge in [0.25, 0.3) is 15.9 Å². The van der Waals surface area contributed by atoms with Gasteiger partial charge >= 0.3 is 12.3 Å². The summed E-state index contributed by atoms with van der Waals surface area (Å²) >= 11 is 0. The molecular formula is C25H34F3N5O7S. The molecule has 2 amide bonds. The zero-order chi connectivity index (χ0) is 31.1. The van der Waals surface area contributed by atoms with E-state index in [-0.39, 0.29) is 52.5 Å². The average molecular weight is 606 g/mol. The Balaban J connectivity index is 2.05. The molecule has 2 N–H and O–H groups in total. The van der Waals surface area contributed by atoms with Crippen LogP contribution in [0.5, 0.6) is 11.6 Å². The molecule has 1 aromatic heterocycles. The number of amides is 2. The van der Waals surface area contributed by atoms with Crippen LogP contribution in [0.4, 0.5) is 29.3 Å². The standard InChI is InChI=1S/C25H34F3N5O7S/c1-14-20(21(38-8)31-32(14)7)41(36,37)33-13-17(12-23(3,4)30-15(2)34)39-19-10-9-16(11-18(19)33)29-22(35)40-24(5,6)25(26,27)28/h9-11,17H,12-13H2,1-8H3,(H,29,35)(H,30,34). The number of nitrogens with one attached hydrogen (secondary N) is 2. The number of fused-ring (bicyclic) bond motifs is 1. The number of hydrogen-bond acceptors (Lipinski definition) is 8. The number of ether oxygens (including phenoxy) is 3. The summed E-state index contributed by atoms with van der Waals surface area (Å²) in [5, 5.41) is 9.13. The number of alkyl halides is 3. The number of carbonyl (C=O) groups is 2. The van der Waals surface area contributed by atoms with Crippen molar-refractivity contribution in [3.63, 3.8) is 0 Å². The third-order valence-electron chi connectivity index (χ3n) is 6.41. The molecule has 0 bridgehead atoms. The fourth-order valence-corrected chi connectivity index (χ4v) is 6.19. The average Bonchev–Trinajstić information content (AvgIpc) is 3.10. The van der Waals surface area contributed by atoms with Crippen LogP contribution in [0.3, 0.4) is 0 Å². The van der Waals surface area contributed by atoms with Gasteiger partial charge in [-0.1, -0.05) is 0 Å². The van der Waals surface area contributed by atoms with E-state index in [0.29, 0.717) is 13.8 Å². The Hall–Kier alpha value is -3.69. The number of hydrogen-bond donors (Lipinski definition) is 2. The summed E-state index contributed by atoms with van der Waals surface area (Å²) in [7, 11) is -1.53. The van der Waals surface area contributed by atoms with E-state index in [1.54, 1.807) is 27.8 Å². The van der Waals surface area contributed by atoms with Gasteiger partial charge in [0.2, 0.25) is 11.5 Å². The molecule has 1 aliphatic rings. The van der Waals surface area contributed by atoms with Gasteiger partial charge in [0.1, 0.15) is 11.9 Å². The van der Waals surface area contributed by atoms with E-state index < -0.39 is 39.5 Å². The number of aromatic nitrogens is 2. The Kier molecular flexibility index (Phi) is 8.50. The van der Waals surface area contributed by atoms with Crippen LogP contribution in [0, 0.1) is 6.92 Å². The molecule has 0 saturated carbocycles. The fraction of sp³-hybridized carbons (Fsp3) is 0.560. The number of methoxy groups -OCH3 is 1. The predicted molar refractivity (Wildman–Crippen MR) is 143 cm³/mol. The van der Waals surface area contributed by atoms with Crippen LogP contribution < -0.4 is 24.4 Å². The number of benzene rings is 1. The van der Waals surface area contributed by atoms with E-state index in [2.05, 4.69) is 20.5 Å². The molecule has 0 spiro atoms. The van der Waals surface area contributed by atoms with Crippen LogP contribution in [-0.2, 0) is 26.6 Å². The van der Waals surface area contributed by atoms with Crippen LogP contribution in [0.25, 0.3) is 0 Å². The first-order valence-corrected chi connectivity index (χ1v) is 13.9. The molecule has 0 aliphatic carbocycles. The van der Waals surface area contributed by atoms with E-state index in [1.165, 1.54) is 36.9 Å². The number of halogens is 3. The zero-order valence-electron chi connectivity index (χ0n) is 24.0. The van der Waals surface area contributed by atoms with Crippen molar-refractivity contribution in [3.05, 3.63) is 23.9 Å². The first-order valence-electron chi connectivity index (χ1n) is 12.4. The van der Waals surface area contributed by atoms with E-state index in [1.807, 2.05) is 0 Å². The molecule has 2 heterocycles. The summed E-state index contributed by atoms with van der Waals surface area (Å²) in [5.41, 5.74) is -3.27. The summed E-state index contributed by atoms with van der Waals surface area (Å²) < 4.78 is 86.1. The summed E-state index contributed by atoms with van der Waals surface area (Å²) in [6, 6.07) is 3.97. The lowest BCUT2D eigenvalue weighted by atomic mass is 9.95. The molecule has 0 radical (unpaired) electrons. The minimum atomic E-state index is -4.82. The molecule has 1 aromatic carbocycles. The molecule has 0 saturated heterocycles. The topological polar surface area (TPSA) is 141 Å². The van der Waals surface area contributed by atoms with Crippen LogP contribution in [0.1, 0.15) is 46.7 Å². The molecule has 1 aliphatic heterocycles. The van der Waals surface area contributed by atoms with Crippen LogP contribution in [0.2, 0.25) is 0 Å². The highest BCUT2D eigenvalue weighted by Crippen LogP contribution is 2.42. The van der Waals surface area contributed by atoms with Crippen molar-refractivity contribution in [2.75, 3.05) is 23.3 Å². The number of nitrogens with zero attached hydrogens (tertiary/aromatic N) is 3. The fourth-order valence-electron chi connectivity index (χ4n) is 4.35. The Labute approximate surface area is 236 Å². The van der Waals surface area contributed by atoms with Crippen LogP contribution in [0.15, 0.2) is 23.1 Å². The summed E-state index contributed by atoms with van der Waals surface area (Å²) in [6.07, 6.45) is -6.71. The van der Waals surface area contributed by atoms with Crippen molar-refractivity contribution in [2.45, 2.75) is 76.3 Å². The third-order valence-corrected chi connectivity index (χ3v) is 8.32. The molecular weight excluding hydrogens is 571 g/mol. The summed E-state index contributed by atoms with van der Waals surface area (Å²) in [6.45, 7) is 7.65. The maximum absolute atomic E-state index is 14.1. The molecule has 1 atom stereocenters. The SMILES string of the molecule is COc1nn(C)c(C)c1S(=O)(=O)N1CC(CC(C)(C)NC(C)=O)Oc2ccc(NC(=O)OC(C)(C)C(F)(F)F)cc21. The Morgan fingerprint density at radius 1 is 1.20 bits per heavy atom. The number of rotatable bonds is 8. The normalized spacial score (nSPS) is 16.0. The Bertz CT molecular complexity index is 1440. The molecule has 12 nitrogen and oxygen atoms in total. The molecule has 1 unspecified atom stereocenters. The van der Waals surface area contributed by atoms with E-state index in [4.69, 9.17) is 9.47 Å². The Morgan fingerprint density at radius 2 is 1.83 bits per heavy atom. The van der Waals surface area contributed by atoms with Gasteiger partial charge in [-0.2, -0.15) is 13.2 Å². The van der Waals surface area contributed by atoms with Gasteiger partial charge in [-0.15, -0.1) is 5.10 Å². The highest BCUT2D eigenvalue weighted by molar-refractivity contribution is 7.93. The molecule has 0 fully saturated rings. The van der Waals surface area contributed by atoms with E-state index in [0.717, 1.165) is 4.31 Å². The lowest BCUT2D eigenvalue weighted by Gasteiger charge is -2.39. The summed E-state index contributed by atoms with van der Waals surface area (Å²) in [4.78, 5) is 23.8. The Morgan fingerprint density at radius 3 is 2.39 bits per heavy atom. The number of aryl methyl sites for hydroxylation is 1. The molecule has 228 valence electrons. The van der Waals surface area contributed by atoms with Gasteiger partial charge in [0, 0.05) is 31.6 Å². The zero-order valence-corrected chi connectivity index (χ0v) is 24.8. The largest absolute Gasteiger partial charge is 0.486 e. The first kappa shape index (κ1) is 31.8. The van der Waals surface area contributed by atoms with Gasteiger partial charge in [-0.25, -0.2) is 13.2 Å². The van der Waals surface area contributed by atoms with Crippen molar-refractivity contribution >= 4 is 33.4 Å². The number of anilines is 2. The highest BCUT2D eigenvalue weighted by Gasteiger charge is 2.51. The van der Waals surface area contributed by atoms with Gasteiger partial charge in [-0.05, 0) is 52.8 Å². The smallest absolute Gasteiger partial charge is 0.427 e. The second-order valence-electron chi connectivity index (χ2n) is 10.8. The molecule has 2 aromatic rings.